The third kappa shape index (κ3) is 2.30. The van der Waals surface area contributed by atoms with Crippen LogP contribution in [0.1, 0.15) is 32.1 Å². The number of nitriles is 1. The second-order valence-corrected chi connectivity index (χ2v) is 5.63. The van der Waals surface area contributed by atoms with Crippen LogP contribution in [0.2, 0.25) is 0 Å². The molecule has 2 aliphatic rings. The van der Waals surface area contributed by atoms with Gasteiger partial charge in [0.25, 0.3) is 0 Å². The minimum absolute atomic E-state index is 0.0943. The van der Waals surface area contributed by atoms with Gasteiger partial charge in [-0.25, -0.2) is 0 Å². The fourth-order valence-electron chi connectivity index (χ4n) is 3.15. The van der Waals surface area contributed by atoms with Crippen molar-refractivity contribution in [2.75, 3.05) is 27.2 Å². The van der Waals surface area contributed by atoms with Crippen molar-refractivity contribution in [2.24, 2.45) is 5.92 Å². The van der Waals surface area contributed by atoms with E-state index in [0.717, 1.165) is 6.54 Å². The molecule has 0 aromatic carbocycles. The Morgan fingerprint density at radius 2 is 2.12 bits per heavy atom. The maximum absolute atomic E-state index is 11.9. The average Bonchev–Trinajstić information content (AvgIpc) is 2.88. The molecule has 0 aromatic rings. The molecular formula is C13H21N3O. The lowest BCUT2D eigenvalue weighted by molar-refractivity contribution is -0.129. The van der Waals surface area contributed by atoms with Gasteiger partial charge < -0.3 is 9.80 Å². The molecule has 2 fully saturated rings. The van der Waals surface area contributed by atoms with Gasteiger partial charge in [0.1, 0.15) is 0 Å². The second-order valence-electron chi connectivity index (χ2n) is 5.63. The van der Waals surface area contributed by atoms with Crippen LogP contribution in [0.5, 0.6) is 0 Å². The van der Waals surface area contributed by atoms with E-state index in [2.05, 4.69) is 25.1 Å². The Morgan fingerprint density at radius 3 is 2.59 bits per heavy atom. The average molecular weight is 235 g/mol. The molecule has 4 heteroatoms. The molecule has 1 atom stereocenters. The van der Waals surface area contributed by atoms with Crippen LogP contribution in [0.25, 0.3) is 0 Å². The van der Waals surface area contributed by atoms with Crippen LogP contribution in [-0.4, -0.2) is 48.4 Å². The van der Waals surface area contributed by atoms with Crippen molar-refractivity contribution in [2.45, 2.75) is 37.6 Å². The van der Waals surface area contributed by atoms with E-state index in [1.165, 1.54) is 25.7 Å². The lowest BCUT2D eigenvalue weighted by Crippen LogP contribution is -2.51. The van der Waals surface area contributed by atoms with Crippen LogP contribution in [0.15, 0.2) is 0 Å². The van der Waals surface area contributed by atoms with Crippen LogP contribution in [0.3, 0.4) is 0 Å². The summed E-state index contributed by atoms with van der Waals surface area (Å²) in [5.41, 5.74) is 0.153. The van der Waals surface area contributed by atoms with E-state index < -0.39 is 0 Å². The smallest absolute Gasteiger partial charge is 0.224 e. The van der Waals surface area contributed by atoms with Gasteiger partial charge >= 0.3 is 0 Å². The zero-order chi connectivity index (χ0) is 12.5. The van der Waals surface area contributed by atoms with E-state index in [4.69, 9.17) is 5.26 Å². The van der Waals surface area contributed by atoms with Crippen molar-refractivity contribution in [3.63, 3.8) is 0 Å². The molecule has 17 heavy (non-hydrogen) atoms. The second kappa shape index (κ2) is 4.66. The molecule has 2 rings (SSSR count). The number of carbonyl (C=O) groups is 1. The van der Waals surface area contributed by atoms with Crippen molar-refractivity contribution >= 4 is 5.91 Å². The van der Waals surface area contributed by atoms with E-state index in [1.54, 1.807) is 0 Å². The molecule has 1 unspecified atom stereocenters. The van der Waals surface area contributed by atoms with Gasteiger partial charge in [0.05, 0.1) is 12.0 Å². The number of hydrogen-bond acceptors (Lipinski definition) is 3. The molecule has 1 saturated heterocycles. The van der Waals surface area contributed by atoms with Gasteiger partial charge in [0.15, 0.2) is 0 Å². The zero-order valence-electron chi connectivity index (χ0n) is 10.8. The lowest BCUT2D eigenvalue weighted by atomic mass is 9.95. The SMILES string of the molecule is CN(C)C1(CN2CC(C#N)CC2=O)CCCC1. The highest BCUT2D eigenvalue weighted by Crippen LogP contribution is 2.35. The Bertz CT molecular complexity index is 339. The summed E-state index contributed by atoms with van der Waals surface area (Å²) in [4.78, 5) is 16.0. The quantitative estimate of drug-likeness (QED) is 0.739. The van der Waals surface area contributed by atoms with E-state index >= 15 is 0 Å². The van der Waals surface area contributed by atoms with Crippen molar-refractivity contribution in [1.82, 2.24) is 9.80 Å². The van der Waals surface area contributed by atoms with Crippen LogP contribution >= 0.6 is 0 Å². The summed E-state index contributed by atoms with van der Waals surface area (Å²) in [6.45, 7) is 1.43. The first-order chi connectivity index (χ1) is 8.07. The molecule has 0 N–H and O–H groups in total. The lowest BCUT2D eigenvalue weighted by Gasteiger charge is -2.39. The molecule has 1 heterocycles. The number of likely N-dealkylation sites (tertiary alicyclic amines) is 1. The van der Waals surface area contributed by atoms with Crippen LogP contribution in [0.4, 0.5) is 0 Å². The molecule has 1 amide bonds. The molecule has 1 aliphatic carbocycles. The largest absolute Gasteiger partial charge is 0.339 e. The van der Waals surface area contributed by atoms with Gasteiger partial charge in [-0.2, -0.15) is 5.26 Å². The monoisotopic (exact) mass is 235 g/mol. The van der Waals surface area contributed by atoms with Crippen molar-refractivity contribution in [3.05, 3.63) is 0 Å². The van der Waals surface area contributed by atoms with E-state index in [1.807, 2.05) is 4.90 Å². The highest BCUT2D eigenvalue weighted by Gasteiger charge is 2.41. The van der Waals surface area contributed by atoms with E-state index in [0.29, 0.717) is 13.0 Å². The molecule has 0 bridgehead atoms. The Hall–Kier alpha value is -1.08. The predicted octanol–water partition coefficient (Wildman–Crippen LogP) is 1.23. The van der Waals surface area contributed by atoms with Gasteiger partial charge in [0.2, 0.25) is 5.91 Å². The fraction of sp³-hybridized carbons (Fsp3) is 0.846. The van der Waals surface area contributed by atoms with Gasteiger partial charge in [-0.15, -0.1) is 0 Å². The van der Waals surface area contributed by atoms with Crippen LogP contribution in [0, 0.1) is 17.2 Å². The van der Waals surface area contributed by atoms with Crippen molar-refractivity contribution in [3.8, 4) is 6.07 Å². The molecule has 0 radical (unpaired) electrons. The summed E-state index contributed by atoms with van der Waals surface area (Å²) < 4.78 is 0. The third-order valence-electron chi connectivity index (χ3n) is 4.37. The number of rotatable bonds is 3. The molecule has 0 aromatic heterocycles. The first-order valence-electron chi connectivity index (χ1n) is 6.42. The Balaban J connectivity index is 2.05. The summed E-state index contributed by atoms with van der Waals surface area (Å²) in [5.74, 6) is 0.0628. The number of amides is 1. The molecular weight excluding hydrogens is 214 g/mol. The minimum Gasteiger partial charge on any atom is -0.339 e. The van der Waals surface area contributed by atoms with E-state index in [-0.39, 0.29) is 17.4 Å². The summed E-state index contributed by atoms with van der Waals surface area (Å²) >= 11 is 0. The molecule has 94 valence electrons. The molecule has 0 spiro atoms. The Labute approximate surface area is 103 Å². The minimum atomic E-state index is -0.0943. The number of nitrogens with zero attached hydrogens (tertiary/aromatic N) is 3. The number of likely N-dealkylation sites (N-methyl/N-ethyl adjacent to an activating group) is 1. The highest BCUT2D eigenvalue weighted by atomic mass is 16.2. The van der Waals surface area contributed by atoms with Gasteiger partial charge in [-0.1, -0.05) is 12.8 Å². The van der Waals surface area contributed by atoms with Crippen LogP contribution in [-0.2, 0) is 4.79 Å². The van der Waals surface area contributed by atoms with Crippen molar-refractivity contribution < 1.29 is 4.79 Å². The fourth-order valence-corrected chi connectivity index (χ4v) is 3.15. The number of hydrogen-bond donors (Lipinski definition) is 0. The first kappa shape index (κ1) is 12.4. The first-order valence-corrected chi connectivity index (χ1v) is 6.42. The third-order valence-corrected chi connectivity index (χ3v) is 4.37. The summed E-state index contributed by atoms with van der Waals surface area (Å²) in [6, 6.07) is 2.21. The summed E-state index contributed by atoms with van der Waals surface area (Å²) in [6.07, 6.45) is 5.26. The zero-order valence-corrected chi connectivity index (χ0v) is 10.8. The maximum Gasteiger partial charge on any atom is 0.224 e. The van der Waals surface area contributed by atoms with Gasteiger partial charge in [-0.3, -0.25) is 4.79 Å². The Morgan fingerprint density at radius 1 is 1.47 bits per heavy atom. The maximum atomic E-state index is 11.9. The summed E-state index contributed by atoms with van der Waals surface area (Å²) in [7, 11) is 4.21. The van der Waals surface area contributed by atoms with Crippen molar-refractivity contribution in [1.29, 1.82) is 5.26 Å². The van der Waals surface area contributed by atoms with Crippen LogP contribution < -0.4 is 0 Å². The summed E-state index contributed by atoms with van der Waals surface area (Å²) in [5, 5.41) is 8.90. The van der Waals surface area contributed by atoms with Gasteiger partial charge in [0, 0.05) is 25.0 Å². The van der Waals surface area contributed by atoms with Gasteiger partial charge in [-0.05, 0) is 26.9 Å². The number of carbonyl (C=O) groups excluding carboxylic acids is 1. The normalized spacial score (nSPS) is 27.8. The van der Waals surface area contributed by atoms with E-state index in [9.17, 15) is 4.79 Å². The highest BCUT2D eigenvalue weighted by molar-refractivity contribution is 5.79. The topological polar surface area (TPSA) is 47.3 Å². The molecule has 4 nitrogen and oxygen atoms in total. The molecule has 1 saturated carbocycles. The Kier molecular flexibility index (Phi) is 3.39. The molecule has 1 aliphatic heterocycles. The predicted molar refractivity (Wildman–Crippen MR) is 65.2 cm³/mol. The standard InChI is InChI=1S/C13H21N3O/c1-15(2)13(5-3-4-6-13)10-16-9-11(8-14)7-12(16)17/h11H,3-7,9-10H2,1-2H3.